The Bertz CT molecular complexity index is 851. The summed E-state index contributed by atoms with van der Waals surface area (Å²) in [6.45, 7) is 8.46. The van der Waals surface area contributed by atoms with Gasteiger partial charge in [-0.15, -0.1) is 0 Å². The molecule has 28 heavy (non-hydrogen) atoms. The molecule has 150 valence electrons. The number of piperidine rings is 1. The normalized spacial score (nSPS) is 20.8. The molecule has 2 aliphatic rings. The van der Waals surface area contributed by atoms with Gasteiger partial charge in [0.2, 0.25) is 0 Å². The molecule has 0 bridgehead atoms. The fraction of sp³-hybridized carbons (Fsp3) is 0.565. The zero-order chi connectivity index (χ0) is 19.7. The van der Waals surface area contributed by atoms with Crippen LogP contribution in [-0.2, 0) is 19.5 Å². The van der Waals surface area contributed by atoms with E-state index in [9.17, 15) is 0 Å². The summed E-state index contributed by atoms with van der Waals surface area (Å²) >= 11 is 0. The van der Waals surface area contributed by atoms with Gasteiger partial charge in [0.15, 0.2) is 0 Å². The highest BCUT2D eigenvalue weighted by atomic mass is 16.5. The highest BCUT2D eigenvalue weighted by molar-refractivity contribution is 5.43. The van der Waals surface area contributed by atoms with Crippen LogP contribution in [0.4, 0.5) is 0 Å². The average molecular weight is 381 g/mol. The van der Waals surface area contributed by atoms with E-state index in [2.05, 4.69) is 49.0 Å². The maximum atomic E-state index is 5.48. The third-order valence-electron chi connectivity index (χ3n) is 6.50. The lowest BCUT2D eigenvalue weighted by molar-refractivity contribution is 0.133. The second-order valence-electron chi connectivity index (χ2n) is 8.35. The van der Waals surface area contributed by atoms with Gasteiger partial charge in [0.25, 0.3) is 0 Å². The Morgan fingerprint density at radius 3 is 2.82 bits per heavy atom. The highest BCUT2D eigenvalue weighted by Crippen LogP contribution is 2.33. The smallest absolute Gasteiger partial charge is 0.145 e. The van der Waals surface area contributed by atoms with E-state index >= 15 is 0 Å². The molecule has 2 aromatic rings. The Balaban J connectivity index is 1.58. The molecule has 0 aliphatic carbocycles. The van der Waals surface area contributed by atoms with Gasteiger partial charge in [0.1, 0.15) is 11.6 Å². The number of methoxy groups -OCH3 is 1. The Morgan fingerprint density at radius 1 is 1.14 bits per heavy atom. The van der Waals surface area contributed by atoms with E-state index in [-0.39, 0.29) is 0 Å². The number of ether oxygens (including phenoxy) is 1. The molecule has 5 heteroatoms. The van der Waals surface area contributed by atoms with Gasteiger partial charge in [-0.05, 0) is 63.0 Å². The lowest BCUT2D eigenvalue weighted by atomic mass is 9.97. The lowest BCUT2D eigenvalue weighted by Crippen LogP contribution is -2.35. The molecule has 0 N–H and O–H groups in total. The number of benzene rings is 1. The molecule has 4 rings (SSSR count). The number of likely N-dealkylation sites (tertiary alicyclic amines) is 1. The number of hydrogen-bond acceptors (Lipinski definition) is 5. The molecule has 1 fully saturated rings. The minimum atomic E-state index is 0.320. The van der Waals surface area contributed by atoms with Crippen molar-refractivity contribution < 1.29 is 4.74 Å². The van der Waals surface area contributed by atoms with Gasteiger partial charge in [0.05, 0.1) is 13.2 Å². The van der Waals surface area contributed by atoms with Crippen LogP contribution in [0.5, 0.6) is 5.75 Å². The topological polar surface area (TPSA) is 41.5 Å². The first-order valence-corrected chi connectivity index (χ1v) is 10.5. The maximum absolute atomic E-state index is 5.48. The summed E-state index contributed by atoms with van der Waals surface area (Å²) in [5.74, 6) is 1.99. The zero-order valence-electron chi connectivity index (χ0n) is 17.7. The molecular weight excluding hydrogens is 348 g/mol. The summed E-state index contributed by atoms with van der Waals surface area (Å²) in [4.78, 5) is 14.8. The van der Waals surface area contributed by atoms with Crippen LogP contribution in [0.15, 0.2) is 18.3 Å². The van der Waals surface area contributed by atoms with E-state index in [1.54, 1.807) is 7.11 Å². The molecule has 0 amide bonds. The van der Waals surface area contributed by atoms with Crippen LogP contribution in [0, 0.1) is 13.8 Å². The van der Waals surface area contributed by atoms with Crippen LogP contribution >= 0.6 is 0 Å². The maximum Gasteiger partial charge on any atom is 0.145 e. The fourth-order valence-electron chi connectivity index (χ4n) is 4.57. The predicted octanol–water partition coefficient (Wildman–Crippen LogP) is 3.82. The van der Waals surface area contributed by atoms with E-state index in [1.807, 2.05) is 0 Å². The Morgan fingerprint density at radius 2 is 2.00 bits per heavy atom. The van der Waals surface area contributed by atoms with Gasteiger partial charge in [0, 0.05) is 43.5 Å². The van der Waals surface area contributed by atoms with Gasteiger partial charge in [-0.2, -0.15) is 0 Å². The SMILES string of the molecule is COc1ccc(CN2CCCC[C@@H]2c2ncc3c(n2)CCN(C)C3)c(C)c1C. The van der Waals surface area contributed by atoms with Crippen LogP contribution in [0.1, 0.15) is 59.1 Å². The quantitative estimate of drug-likeness (QED) is 0.807. The average Bonchev–Trinajstić information content (AvgIpc) is 2.71. The van der Waals surface area contributed by atoms with Gasteiger partial charge in [-0.3, -0.25) is 4.90 Å². The minimum absolute atomic E-state index is 0.320. The molecule has 1 aromatic carbocycles. The van der Waals surface area contributed by atoms with Crippen molar-refractivity contribution in [1.29, 1.82) is 0 Å². The minimum Gasteiger partial charge on any atom is -0.496 e. The Kier molecular flexibility index (Phi) is 5.65. The summed E-state index contributed by atoms with van der Waals surface area (Å²) in [6, 6.07) is 4.64. The number of likely N-dealkylation sites (N-methyl/N-ethyl adjacent to an activating group) is 1. The van der Waals surface area contributed by atoms with Crippen molar-refractivity contribution >= 4 is 0 Å². The van der Waals surface area contributed by atoms with E-state index in [0.717, 1.165) is 50.6 Å². The standard InChI is InChI=1S/C23H32N4O/c1-16-17(2)22(28-4)9-8-18(16)15-27-11-6-5-7-21(27)23-24-13-19-14-26(3)12-10-20(19)25-23/h8-9,13,21H,5-7,10-12,14-15H2,1-4H3/t21-/m1/s1. The second-order valence-corrected chi connectivity index (χ2v) is 8.35. The molecule has 1 atom stereocenters. The highest BCUT2D eigenvalue weighted by Gasteiger charge is 2.28. The first-order chi connectivity index (χ1) is 13.6. The number of hydrogen-bond donors (Lipinski definition) is 0. The summed E-state index contributed by atoms with van der Waals surface area (Å²) in [7, 11) is 3.91. The van der Waals surface area contributed by atoms with Gasteiger partial charge < -0.3 is 9.64 Å². The molecule has 2 aliphatic heterocycles. The van der Waals surface area contributed by atoms with Crippen molar-refractivity contribution in [3.05, 3.63) is 52.1 Å². The molecule has 0 saturated carbocycles. The van der Waals surface area contributed by atoms with Crippen LogP contribution in [0.3, 0.4) is 0 Å². The van der Waals surface area contributed by atoms with Crippen molar-refractivity contribution in [2.75, 3.05) is 27.2 Å². The summed E-state index contributed by atoms with van der Waals surface area (Å²) < 4.78 is 5.48. The van der Waals surface area contributed by atoms with Gasteiger partial charge in [-0.25, -0.2) is 9.97 Å². The number of aromatic nitrogens is 2. The van der Waals surface area contributed by atoms with Gasteiger partial charge >= 0.3 is 0 Å². The van der Waals surface area contributed by atoms with Crippen LogP contribution in [0.25, 0.3) is 0 Å². The molecule has 1 saturated heterocycles. The van der Waals surface area contributed by atoms with Crippen LogP contribution in [-0.4, -0.2) is 47.0 Å². The third kappa shape index (κ3) is 3.78. The van der Waals surface area contributed by atoms with E-state index in [4.69, 9.17) is 14.7 Å². The van der Waals surface area contributed by atoms with Crippen molar-refractivity contribution in [3.63, 3.8) is 0 Å². The number of rotatable bonds is 4. The number of nitrogens with zero attached hydrogens (tertiary/aromatic N) is 4. The Labute approximate surface area is 168 Å². The number of fused-ring (bicyclic) bond motifs is 1. The van der Waals surface area contributed by atoms with Crippen molar-refractivity contribution in [3.8, 4) is 5.75 Å². The predicted molar refractivity (Wildman–Crippen MR) is 112 cm³/mol. The molecular formula is C23H32N4O. The Hall–Kier alpha value is -1.98. The largest absolute Gasteiger partial charge is 0.496 e. The summed E-state index contributed by atoms with van der Waals surface area (Å²) in [6.07, 6.45) is 6.76. The van der Waals surface area contributed by atoms with E-state index in [0.29, 0.717) is 6.04 Å². The molecule has 3 heterocycles. The molecule has 1 aromatic heterocycles. The zero-order valence-corrected chi connectivity index (χ0v) is 17.7. The first kappa shape index (κ1) is 19.3. The van der Waals surface area contributed by atoms with E-state index < -0.39 is 0 Å². The van der Waals surface area contributed by atoms with E-state index in [1.165, 1.54) is 40.8 Å². The van der Waals surface area contributed by atoms with Crippen molar-refractivity contribution in [1.82, 2.24) is 19.8 Å². The fourth-order valence-corrected chi connectivity index (χ4v) is 4.57. The molecule has 0 unspecified atom stereocenters. The van der Waals surface area contributed by atoms with Crippen LogP contribution < -0.4 is 4.74 Å². The third-order valence-corrected chi connectivity index (χ3v) is 6.50. The van der Waals surface area contributed by atoms with Gasteiger partial charge in [-0.1, -0.05) is 12.5 Å². The summed E-state index contributed by atoms with van der Waals surface area (Å²) in [5.41, 5.74) is 6.50. The molecule has 0 radical (unpaired) electrons. The second kappa shape index (κ2) is 8.18. The summed E-state index contributed by atoms with van der Waals surface area (Å²) in [5, 5.41) is 0. The van der Waals surface area contributed by atoms with Crippen molar-refractivity contribution in [2.24, 2.45) is 0 Å². The molecule has 5 nitrogen and oxygen atoms in total. The monoisotopic (exact) mass is 380 g/mol. The first-order valence-electron chi connectivity index (χ1n) is 10.5. The van der Waals surface area contributed by atoms with Crippen LogP contribution in [0.2, 0.25) is 0 Å². The van der Waals surface area contributed by atoms with Crippen molar-refractivity contribution in [2.45, 2.75) is 58.7 Å². The molecule has 0 spiro atoms. The lowest BCUT2D eigenvalue weighted by Gasteiger charge is -2.36.